The molecule has 0 amide bonds. The van der Waals surface area contributed by atoms with Gasteiger partial charge in [0, 0.05) is 26.4 Å². The molecular formula is C12H27N3O2S. The minimum absolute atomic E-state index is 0.212. The second-order valence-corrected chi connectivity index (χ2v) is 6.81. The molecule has 0 radical (unpaired) electrons. The summed E-state index contributed by atoms with van der Waals surface area (Å²) in [5.74, 6) is 1.61. The summed E-state index contributed by atoms with van der Waals surface area (Å²) < 4.78 is 21.9. The van der Waals surface area contributed by atoms with Gasteiger partial charge in [0.15, 0.2) is 5.96 Å². The van der Waals surface area contributed by atoms with Gasteiger partial charge in [-0.2, -0.15) is 0 Å². The number of rotatable bonds is 8. The average Bonchev–Trinajstić information content (AvgIpc) is 2.31. The molecule has 6 heteroatoms. The molecular weight excluding hydrogens is 250 g/mol. The Morgan fingerprint density at radius 3 is 2.28 bits per heavy atom. The zero-order valence-corrected chi connectivity index (χ0v) is 12.8. The van der Waals surface area contributed by atoms with Gasteiger partial charge in [0.05, 0.1) is 5.75 Å². The molecule has 0 saturated carbocycles. The number of sulfone groups is 1. The fourth-order valence-electron chi connectivity index (χ4n) is 1.58. The number of guanidine groups is 1. The van der Waals surface area contributed by atoms with Crippen LogP contribution in [0.25, 0.3) is 0 Å². The van der Waals surface area contributed by atoms with Crippen LogP contribution in [0.5, 0.6) is 0 Å². The predicted octanol–water partition coefficient (Wildman–Crippen LogP) is 1.02. The molecule has 0 saturated heterocycles. The van der Waals surface area contributed by atoms with Crippen LogP contribution < -0.4 is 10.6 Å². The van der Waals surface area contributed by atoms with Crippen molar-refractivity contribution in [3.8, 4) is 0 Å². The van der Waals surface area contributed by atoms with Crippen molar-refractivity contribution >= 4 is 15.8 Å². The first-order valence-electron chi connectivity index (χ1n) is 6.55. The van der Waals surface area contributed by atoms with E-state index >= 15 is 0 Å². The highest BCUT2D eigenvalue weighted by Crippen LogP contribution is 2.04. The monoisotopic (exact) mass is 277 g/mol. The fraction of sp³-hybridized carbons (Fsp3) is 0.917. The van der Waals surface area contributed by atoms with E-state index in [1.54, 1.807) is 7.05 Å². The number of nitrogens with zero attached hydrogens (tertiary/aromatic N) is 1. The molecule has 0 aliphatic carbocycles. The molecule has 0 heterocycles. The molecule has 0 rings (SSSR count). The minimum Gasteiger partial charge on any atom is -0.356 e. The fourth-order valence-corrected chi connectivity index (χ4v) is 2.25. The van der Waals surface area contributed by atoms with Crippen LogP contribution in [0.2, 0.25) is 0 Å². The lowest BCUT2D eigenvalue weighted by Gasteiger charge is -2.16. The van der Waals surface area contributed by atoms with Gasteiger partial charge in [-0.05, 0) is 12.3 Å². The number of nitrogens with one attached hydrogen (secondary N) is 2. The molecule has 0 bridgehead atoms. The van der Waals surface area contributed by atoms with Crippen LogP contribution in [0, 0.1) is 5.92 Å². The van der Waals surface area contributed by atoms with Crippen molar-refractivity contribution in [1.82, 2.24) is 10.6 Å². The quantitative estimate of drug-likeness (QED) is 0.395. The zero-order chi connectivity index (χ0) is 14.0. The Labute approximate surface area is 111 Å². The van der Waals surface area contributed by atoms with Gasteiger partial charge in [-0.15, -0.1) is 0 Å². The summed E-state index contributed by atoms with van der Waals surface area (Å²) in [6, 6.07) is 0. The van der Waals surface area contributed by atoms with E-state index in [1.807, 2.05) is 0 Å². The smallest absolute Gasteiger partial charge is 0.190 e. The van der Waals surface area contributed by atoms with E-state index in [9.17, 15) is 8.42 Å². The summed E-state index contributed by atoms with van der Waals surface area (Å²) in [7, 11) is -1.14. The first-order chi connectivity index (χ1) is 8.42. The van der Waals surface area contributed by atoms with Gasteiger partial charge in [-0.1, -0.05) is 26.7 Å². The third kappa shape index (κ3) is 9.27. The van der Waals surface area contributed by atoms with Crippen LogP contribution in [0.15, 0.2) is 4.99 Å². The molecule has 108 valence electrons. The zero-order valence-electron chi connectivity index (χ0n) is 12.0. The first-order valence-corrected chi connectivity index (χ1v) is 8.61. The number of hydrogen-bond acceptors (Lipinski definition) is 3. The lowest BCUT2D eigenvalue weighted by Crippen LogP contribution is -2.40. The number of hydrogen-bond donors (Lipinski definition) is 2. The Balaban J connectivity index is 3.85. The maximum Gasteiger partial charge on any atom is 0.190 e. The lowest BCUT2D eigenvalue weighted by atomic mass is 10.0. The van der Waals surface area contributed by atoms with E-state index in [4.69, 9.17) is 0 Å². The standard InChI is InChI=1S/C12H27N3O2S/c1-5-11(6-2)10-15-12(13-3)14-8-7-9-18(4,16)17/h11H,5-10H2,1-4H3,(H2,13,14,15). The topological polar surface area (TPSA) is 70.6 Å². The maximum absolute atomic E-state index is 11.0. The van der Waals surface area contributed by atoms with Crippen molar-refractivity contribution in [1.29, 1.82) is 0 Å². The Bertz CT molecular complexity index is 335. The third-order valence-corrected chi connectivity index (χ3v) is 3.95. The van der Waals surface area contributed by atoms with Crippen molar-refractivity contribution in [3.63, 3.8) is 0 Å². The van der Waals surface area contributed by atoms with Crippen LogP contribution in [-0.2, 0) is 9.84 Å². The van der Waals surface area contributed by atoms with Crippen LogP contribution in [0.1, 0.15) is 33.1 Å². The van der Waals surface area contributed by atoms with Crippen molar-refractivity contribution in [2.75, 3.05) is 32.1 Å². The third-order valence-electron chi connectivity index (χ3n) is 2.92. The highest BCUT2D eigenvalue weighted by atomic mass is 32.2. The van der Waals surface area contributed by atoms with E-state index in [0.717, 1.165) is 25.3 Å². The van der Waals surface area contributed by atoms with E-state index in [-0.39, 0.29) is 5.75 Å². The van der Waals surface area contributed by atoms with Gasteiger partial charge < -0.3 is 10.6 Å². The molecule has 18 heavy (non-hydrogen) atoms. The summed E-state index contributed by atoms with van der Waals surface area (Å²) in [6.45, 7) is 5.88. The summed E-state index contributed by atoms with van der Waals surface area (Å²) in [4.78, 5) is 4.11. The van der Waals surface area contributed by atoms with E-state index in [1.165, 1.54) is 6.26 Å². The Kier molecular flexibility index (Phi) is 8.79. The minimum atomic E-state index is -2.86. The van der Waals surface area contributed by atoms with Gasteiger partial charge in [-0.25, -0.2) is 8.42 Å². The molecule has 0 aromatic heterocycles. The molecule has 0 spiro atoms. The predicted molar refractivity (Wildman–Crippen MR) is 77.8 cm³/mol. The van der Waals surface area contributed by atoms with Crippen LogP contribution >= 0.6 is 0 Å². The van der Waals surface area contributed by atoms with Gasteiger partial charge in [0.2, 0.25) is 0 Å². The normalized spacial score (nSPS) is 12.8. The van der Waals surface area contributed by atoms with Gasteiger partial charge in [0.25, 0.3) is 0 Å². The van der Waals surface area contributed by atoms with E-state index in [0.29, 0.717) is 18.9 Å². The van der Waals surface area contributed by atoms with E-state index in [2.05, 4.69) is 29.5 Å². The van der Waals surface area contributed by atoms with Crippen LogP contribution in [0.4, 0.5) is 0 Å². The molecule has 0 atom stereocenters. The SMILES string of the molecule is CCC(CC)CNC(=NC)NCCCS(C)(=O)=O. The van der Waals surface area contributed by atoms with Gasteiger partial charge in [-0.3, -0.25) is 4.99 Å². The second kappa shape index (κ2) is 9.19. The summed E-state index contributed by atoms with van der Waals surface area (Å²) in [6.07, 6.45) is 4.15. The van der Waals surface area contributed by atoms with Crippen LogP contribution in [0.3, 0.4) is 0 Å². The van der Waals surface area contributed by atoms with Gasteiger partial charge >= 0.3 is 0 Å². The second-order valence-electron chi connectivity index (χ2n) is 4.55. The van der Waals surface area contributed by atoms with Crippen molar-refractivity contribution in [2.45, 2.75) is 33.1 Å². The Morgan fingerprint density at radius 2 is 1.83 bits per heavy atom. The van der Waals surface area contributed by atoms with Gasteiger partial charge in [0.1, 0.15) is 9.84 Å². The molecule has 0 unspecified atom stereocenters. The van der Waals surface area contributed by atoms with Crippen molar-refractivity contribution in [2.24, 2.45) is 10.9 Å². The molecule has 2 N–H and O–H groups in total. The highest BCUT2D eigenvalue weighted by Gasteiger charge is 2.05. The van der Waals surface area contributed by atoms with Crippen molar-refractivity contribution < 1.29 is 8.42 Å². The summed E-state index contributed by atoms with van der Waals surface area (Å²) in [5.41, 5.74) is 0. The maximum atomic E-state index is 11.0. The lowest BCUT2D eigenvalue weighted by molar-refractivity contribution is 0.481. The van der Waals surface area contributed by atoms with Crippen molar-refractivity contribution in [3.05, 3.63) is 0 Å². The highest BCUT2D eigenvalue weighted by molar-refractivity contribution is 7.90. The Hall–Kier alpha value is -0.780. The largest absolute Gasteiger partial charge is 0.356 e. The molecule has 0 aromatic carbocycles. The molecule has 0 aromatic rings. The molecule has 5 nitrogen and oxygen atoms in total. The summed E-state index contributed by atoms with van der Waals surface area (Å²) in [5, 5.41) is 6.38. The van der Waals surface area contributed by atoms with Crippen LogP contribution in [-0.4, -0.2) is 46.5 Å². The average molecular weight is 277 g/mol. The first kappa shape index (κ1) is 17.2. The molecule has 0 aliphatic heterocycles. The van der Waals surface area contributed by atoms with E-state index < -0.39 is 9.84 Å². The summed E-state index contributed by atoms with van der Waals surface area (Å²) >= 11 is 0. The molecule has 0 fully saturated rings. The number of aliphatic imine (C=N–C) groups is 1. The molecule has 0 aliphatic rings. The Morgan fingerprint density at radius 1 is 1.22 bits per heavy atom.